The molecule has 0 fully saturated rings. The Hall–Kier alpha value is -1.32. The number of carbonyl (C=O) groups is 1. The van der Waals surface area contributed by atoms with Crippen LogP contribution in [0.4, 0.5) is 0 Å². The molecule has 4 nitrogen and oxygen atoms in total. The summed E-state index contributed by atoms with van der Waals surface area (Å²) >= 11 is 0. The van der Waals surface area contributed by atoms with E-state index in [0.29, 0.717) is 6.61 Å². The van der Waals surface area contributed by atoms with Gasteiger partial charge < -0.3 is 9.72 Å². The van der Waals surface area contributed by atoms with E-state index in [4.69, 9.17) is 4.74 Å². The highest BCUT2D eigenvalue weighted by Crippen LogP contribution is 2.14. The number of esters is 1. The third-order valence-electron chi connectivity index (χ3n) is 3.27. The monoisotopic (exact) mass is 266 g/mol. The molecule has 1 heterocycles. The predicted molar refractivity (Wildman–Crippen MR) is 76.1 cm³/mol. The van der Waals surface area contributed by atoms with Crippen molar-refractivity contribution < 1.29 is 9.53 Å². The van der Waals surface area contributed by atoms with Gasteiger partial charge in [-0.25, -0.2) is 4.98 Å². The Bertz CT molecular complexity index is 374. The van der Waals surface area contributed by atoms with Crippen LogP contribution >= 0.6 is 0 Å². The fourth-order valence-electron chi connectivity index (χ4n) is 1.96. The van der Waals surface area contributed by atoms with E-state index in [1.807, 2.05) is 13.8 Å². The average Bonchev–Trinajstić information content (AvgIpc) is 2.83. The summed E-state index contributed by atoms with van der Waals surface area (Å²) in [6.07, 6.45) is 8.95. The van der Waals surface area contributed by atoms with Crippen LogP contribution in [0, 0.1) is 6.92 Å². The lowest BCUT2D eigenvalue weighted by molar-refractivity contribution is -0.145. The van der Waals surface area contributed by atoms with Crippen LogP contribution in [-0.2, 0) is 9.53 Å². The van der Waals surface area contributed by atoms with Crippen LogP contribution in [0.1, 0.15) is 69.8 Å². The number of hydrogen-bond donors (Lipinski definition) is 1. The number of H-pyrrole nitrogens is 1. The number of imidazole rings is 1. The Balaban J connectivity index is 2.14. The SMILES string of the molecule is CCCCCCCCOC(=O)C(C)c1c[nH]c(C)n1. The van der Waals surface area contributed by atoms with Crippen molar-refractivity contribution in [3.63, 3.8) is 0 Å². The molecule has 0 aliphatic carbocycles. The number of hydrogen-bond acceptors (Lipinski definition) is 3. The fraction of sp³-hybridized carbons (Fsp3) is 0.733. The maximum Gasteiger partial charge on any atom is 0.314 e. The van der Waals surface area contributed by atoms with Gasteiger partial charge in [0.2, 0.25) is 0 Å². The minimum absolute atomic E-state index is 0.181. The first kappa shape index (κ1) is 15.7. The first-order chi connectivity index (χ1) is 9.15. The van der Waals surface area contributed by atoms with Crippen LogP contribution in [0.3, 0.4) is 0 Å². The lowest BCUT2D eigenvalue weighted by Crippen LogP contribution is -2.14. The van der Waals surface area contributed by atoms with Crippen molar-refractivity contribution in [1.82, 2.24) is 9.97 Å². The molecular formula is C15H26N2O2. The third-order valence-corrected chi connectivity index (χ3v) is 3.27. The molecule has 0 aliphatic rings. The van der Waals surface area contributed by atoms with Crippen molar-refractivity contribution in [1.29, 1.82) is 0 Å². The van der Waals surface area contributed by atoms with Gasteiger partial charge in [-0.05, 0) is 20.3 Å². The summed E-state index contributed by atoms with van der Waals surface area (Å²) in [6, 6.07) is 0. The number of unbranched alkanes of at least 4 members (excludes halogenated alkanes) is 5. The molecule has 1 unspecified atom stereocenters. The zero-order valence-corrected chi connectivity index (χ0v) is 12.4. The van der Waals surface area contributed by atoms with Gasteiger partial charge in [-0.1, -0.05) is 39.0 Å². The van der Waals surface area contributed by atoms with Crippen molar-refractivity contribution in [2.24, 2.45) is 0 Å². The summed E-state index contributed by atoms with van der Waals surface area (Å²) in [4.78, 5) is 19.0. The highest BCUT2D eigenvalue weighted by molar-refractivity contribution is 5.76. The largest absolute Gasteiger partial charge is 0.465 e. The van der Waals surface area contributed by atoms with Crippen LogP contribution in [0.15, 0.2) is 6.20 Å². The van der Waals surface area contributed by atoms with Gasteiger partial charge in [0.05, 0.1) is 18.2 Å². The summed E-state index contributed by atoms with van der Waals surface area (Å²) in [6.45, 7) is 6.44. The number of nitrogens with zero attached hydrogens (tertiary/aromatic N) is 1. The molecule has 0 spiro atoms. The minimum Gasteiger partial charge on any atom is -0.465 e. The molecule has 0 aromatic carbocycles. The normalized spacial score (nSPS) is 12.4. The van der Waals surface area contributed by atoms with Crippen LogP contribution in [0.5, 0.6) is 0 Å². The molecule has 0 aliphatic heterocycles. The Morgan fingerprint density at radius 1 is 1.32 bits per heavy atom. The standard InChI is InChI=1S/C15H26N2O2/c1-4-5-6-7-8-9-10-19-15(18)12(2)14-11-16-13(3)17-14/h11-12H,4-10H2,1-3H3,(H,16,17). The summed E-state index contributed by atoms with van der Waals surface area (Å²) in [5.41, 5.74) is 0.755. The quantitative estimate of drug-likeness (QED) is 0.547. The highest BCUT2D eigenvalue weighted by atomic mass is 16.5. The van der Waals surface area contributed by atoms with E-state index in [9.17, 15) is 4.79 Å². The maximum atomic E-state index is 11.8. The summed E-state index contributed by atoms with van der Waals surface area (Å²) in [7, 11) is 0. The number of aryl methyl sites for hydroxylation is 1. The van der Waals surface area contributed by atoms with E-state index in [1.165, 1.54) is 25.7 Å². The minimum atomic E-state index is -0.287. The molecule has 4 heteroatoms. The number of aromatic amines is 1. The topological polar surface area (TPSA) is 55.0 Å². The van der Waals surface area contributed by atoms with Gasteiger partial charge in [-0.3, -0.25) is 4.79 Å². The second-order valence-electron chi connectivity index (χ2n) is 5.07. The number of aromatic nitrogens is 2. The van der Waals surface area contributed by atoms with E-state index in [1.54, 1.807) is 6.20 Å². The van der Waals surface area contributed by atoms with E-state index in [2.05, 4.69) is 16.9 Å². The van der Waals surface area contributed by atoms with Crippen molar-refractivity contribution in [3.05, 3.63) is 17.7 Å². The first-order valence-electron chi connectivity index (χ1n) is 7.33. The lowest BCUT2D eigenvalue weighted by Gasteiger charge is -2.09. The van der Waals surface area contributed by atoms with Crippen LogP contribution in [0.25, 0.3) is 0 Å². The van der Waals surface area contributed by atoms with Crippen molar-refractivity contribution >= 4 is 5.97 Å². The molecule has 0 bridgehead atoms. The maximum absolute atomic E-state index is 11.8. The molecule has 0 saturated carbocycles. The lowest BCUT2D eigenvalue weighted by atomic mass is 10.1. The number of rotatable bonds is 9. The molecule has 0 amide bonds. The van der Waals surface area contributed by atoms with Gasteiger partial charge in [-0.2, -0.15) is 0 Å². The van der Waals surface area contributed by atoms with Gasteiger partial charge >= 0.3 is 5.97 Å². The van der Waals surface area contributed by atoms with E-state index in [-0.39, 0.29) is 11.9 Å². The van der Waals surface area contributed by atoms with E-state index in [0.717, 1.165) is 24.4 Å². The number of nitrogens with one attached hydrogen (secondary N) is 1. The molecule has 1 N–H and O–H groups in total. The van der Waals surface area contributed by atoms with Gasteiger partial charge in [0.1, 0.15) is 5.82 Å². The molecule has 1 aromatic rings. The Kier molecular flexibility index (Phi) is 7.23. The van der Waals surface area contributed by atoms with Crippen molar-refractivity contribution in [2.75, 3.05) is 6.61 Å². The van der Waals surface area contributed by atoms with Crippen LogP contribution in [0.2, 0.25) is 0 Å². The van der Waals surface area contributed by atoms with Gasteiger partial charge in [0.15, 0.2) is 0 Å². The molecule has 19 heavy (non-hydrogen) atoms. The van der Waals surface area contributed by atoms with Crippen molar-refractivity contribution in [3.8, 4) is 0 Å². The smallest absolute Gasteiger partial charge is 0.314 e. The Morgan fingerprint density at radius 2 is 2.00 bits per heavy atom. The van der Waals surface area contributed by atoms with Crippen LogP contribution < -0.4 is 0 Å². The fourth-order valence-corrected chi connectivity index (χ4v) is 1.96. The molecule has 1 rings (SSSR count). The molecule has 1 aromatic heterocycles. The number of ether oxygens (including phenoxy) is 1. The van der Waals surface area contributed by atoms with Crippen LogP contribution in [-0.4, -0.2) is 22.5 Å². The number of carbonyl (C=O) groups excluding carboxylic acids is 1. The third kappa shape index (κ3) is 5.90. The zero-order chi connectivity index (χ0) is 14.1. The first-order valence-corrected chi connectivity index (χ1v) is 7.33. The van der Waals surface area contributed by atoms with E-state index >= 15 is 0 Å². The predicted octanol–water partition coefficient (Wildman–Crippen LogP) is 3.73. The van der Waals surface area contributed by atoms with Gasteiger partial charge in [0.25, 0.3) is 0 Å². The molecule has 108 valence electrons. The summed E-state index contributed by atoms with van der Waals surface area (Å²) in [5.74, 6) is 0.357. The highest BCUT2D eigenvalue weighted by Gasteiger charge is 2.18. The summed E-state index contributed by atoms with van der Waals surface area (Å²) in [5, 5.41) is 0. The Labute approximate surface area is 116 Å². The second kappa shape index (κ2) is 8.73. The summed E-state index contributed by atoms with van der Waals surface area (Å²) < 4.78 is 5.28. The zero-order valence-electron chi connectivity index (χ0n) is 12.4. The van der Waals surface area contributed by atoms with E-state index < -0.39 is 0 Å². The average molecular weight is 266 g/mol. The Morgan fingerprint density at radius 3 is 2.63 bits per heavy atom. The molecular weight excluding hydrogens is 240 g/mol. The van der Waals surface area contributed by atoms with Crippen molar-refractivity contribution in [2.45, 2.75) is 65.2 Å². The van der Waals surface area contributed by atoms with Gasteiger partial charge in [0, 0.05) is 6.20 Å². The molecule has 0 saturated heterocycles. The molecule has 0 radical (unpaired) electrons. The van der Waals surface area contributed by atoms with Gasteiger partial charge in [-0.15, -0.1) is 0 Å². The molecule has 1 atom stereocenters. The second-order valence-corrected chi connectivity index (χ2v) is 5.07.